The molecule has 8 heteroatoms. The molecule has 3 aromatic rings. The van der Waals surface area contributed by atoms with Gasteiger partial charge in [-0.3, -0.25) is 10.1 Å². The Morgan fingerprint density at radius 2 is 1.86 bits per heavy atom. The molecule has 0 fully saturated rings. The summed E-state index contributed by atoms with van der Waals surface area (Å²) in [4.78, 5) is 16.0. The van der Waals surface area contributed by atoms with E-state index in [-0.39, 0.29) is 10.2 Å². The number of rotatable bonds is 2. The molecular weight excluding hydrogens is 337 g/mol. The molecule has 0 radical (unpaired) electrons. The van der Waals surface area contributed by atoms with Crippen LogP contribution in [0.5, 0.6) is 0 Å². The van der Waals surface area contributed by atoms with E-state index in [1.54, 1.807) is 0 Å². The average Bonchev–Trinajstić information content (AvgIpc) is 2.81. The molecule has 3 rings (SSSR count). The molecule has 3 nitrogen and oxygen atoms in total. The Balaban J connectivity index is 1.96. The largest absolute Gasteiger partial charge is 0.298 e. The van der Waals surface area contributed by atoms with Gasteiger partial charge in [-0.15, -0.1) is 0 Å². The van der Waals surface area contributed by atoms with Gasteiger partial charge in [0, 0.05) is 0 Å². The van der Waals surface area contributed by atoms with Gasteiger partial charge in [-0.2, -0.15) is 0 Å². The van der Waals surface area contributed by atoms with Gasteiger partial charge in [-0.05, 0) is 24.3 Å². The fourth-order valence-electron chi connectivity index (χ4n) is 1.89. The number of hydrogen-bond acceptors (Lipinski definition) is 3. The van der Waals surface area contributed by atoms with E-state index in [9.17, 15) is 18.0 Å². The molecule has 1 aromatic heterocycles. The molecule has 0 aliphatic heterocycles. The van der Waals surface area contributed by atoms with Crippen LogP contribution in [-0.4, -0.2) is 10.9 Å². The van der Waals surface area contributed by atoms with Crippen LogP contribution in [0.15, 0.2) is 30.3 Å². The highest BCUT2D eigenvalue weighted by molar-refractivity contribution is 7.22. The zero-order valence-corrected chi connectivity index (χ0v) is 12.2. The monoisotopic (exact) mass is 342 g/mol. The highest BCUT2D eigenvalue weighted by Gasteiger charge is 2.19. The number of anilines is 1. The lowest BCUT2D eigenvalue weighted by atomic mass is 10.2. The van der Waals surface area contributed by atoms with Crippen molar-refractivity contribution in [3.63, 3.8) is 0 Å². The number of aromatic nitrogens is 1. The number of halogens is 4. The molecule has 112 valence electrons. The van der Waals surface area contributed by atoms with E-state index >= 15 is 0 Å². The summed E-state index contributed by atoms with van der Waals surface area (Å²) in [7, 11) is 0. The van der Waals surface area contributed by atoms with Crippen LogP contribution in [0, 0.1) is 17.5 Å². The fourth-order valence-corrected chi connectivity index (χ4v) is 3.10. The first-order valence-electron chi connectivity index (χ1n) is 5.96. The van der Waals surface area contributed by atoms with Crippen molar-refractivity contribution in [2.24, 2.45) is 0 Å². The van der Waals surface area contributed by atoms with Crippen molar-refractivity contribution >= 4 is 44.2 Å². The normalized spacial score (nSPS) is 10.9. The molecule has 0 saturated carbocycles. The Morgan fingerprint density at radius 1 is 1.18 bits per heavy atom. The minimum atomic E-state index is -0.984. The number of nitrogens with zero attached hydrogens (tertiary/aromatic N) is 1. The first-order valence-corrected chi connectivity index (χ1v) is 7.16. The number of hydrogen-bond donors (Lipinski definition) is 1. The van der Waals surface area contributed by atoms with Crippen LogP contribution in [0.25, 0.3) is 10.2 Å². The lowest BCUT2D eigenvalue weighted by Crippen LogP contribution is -2.15. The molecule has 0 aliphatic rings. The van der Waals surface area contributed by atoms with Gasteiger partial charge in [-0.25, -0.2) is 18.2 Å². The second kappa shape index (κ2) is 5.58. The van der Waals surface area contributed by atoms with Gasteiger partial charge in [0.05, 0.1) is 9.72 Å². The Morgan fingerprint density at radius 3 is 2.55 bits per heavy atom. The van der Waals surface area contributed by atoms with Crippen LogP contribution in [0.4, 0.5) is 18.3 Å². The Bertz CT molecular complexity index is 877. The molecule has 0 aliphatic carbocycles. The van der Waals surface area contributed by atoms with Gasteiger partial charge in [-0.1, -0.05) is 29.0 Å². The minimum absolute atomic E-state index is 0.0650. The van der Waals surface area contributed by atoms with Gasteiger partial charge < -0.3 is 0 Å². The number of nitrogens with one attached hydrogen (secondary N) is 1. The smallest absolute Gasteiger partial charge is 0.263 e. The van der Waals surface area contributed by atoms with Crippen molar-refractivity contribution in [2.45, 2.75) is 0 Å². The molecular formula is C14H6ClF3N2OS. The number of amides is 1. The summed E-state index contributed by atoms with van der Waals surface area (Å²) in [6, 6.07) is 5.40. The maximum Gasteiger partial charge on any atom is 0.263 e. The summed E-state index contributed by atoms with van der Waals surface area (Å²) in [6.07, 6.45) is 0. The van der Waals surface area contributed by atoms with Crippen molar-refractivity contribution in [1.29, 1.82) is 0 Å². The molecule has 0 saturated heterocycles. The van der Waals surface area contributed by atoms with Crippen molar-refractivity contribution in [2.75, 3.05) is 5.32 Å². The predicted molar refractivity (Wildman–Crippen MR) is 78.9 cm³/mol. The van der Waals surface area contributed by atoms with E-state index in [4.69, 9.17) is 11.6 Å². The van der Waals surface area contributed by atoms with E-state index in [2.05, 4.69) is 10.3 Å². The summed E-state index contributed by atoms with van der Waals surface area (Å²) in [5.74, 6) is -3.49. The number of carbonyl (C=O) groups is 1. The van der Waals surface area contributed by atoms with E-state index in [1.807, 2.05) is 0 Å². The fraction of sp³-hybridized carbons (Fsp3) is 0. The van der Waals surface area contributed by atoms with Gasteiger partial charge in [0.25, 0.3) is 5.91 Å². The van der Waals surface area contributed by atoms with Gasteiger partial charge in [0.2, 0.25) is 0 Å². The SMILES string of the molecule is O=C(Nc1nc2c(Cl)cc(F)cc2s1)c1c(F)cccc1F. The van der Waals surface area contributed by atoms with Gasteiger partial charge >= 0.3 is 0 Å². The number of carbonyl (C=O) groups excluding carboxylic acids is 1. The zero-order valence-electron chi connectivity index (χ0n) is 10.7. The summed E-state index contributed by atoms with van der Waals surface area (Å²) >= 11 is 6.80. The quantitative estimate of drug-likeness (QED) is 0.738. The lowest BCUT2D eigenvalue weighted by Gasteiger charge is -2.03. The summed E-state index contributed by atoms with van der Waals surface area (Å²) < 4.78 is 40.7. The van der Waals surface area contributed by atoms with Crippen molar-refractivity contribution in [3.8, 4) is 0 Å². The molecule has 22 heavy (non-hydrogen) atoms. The minimum Gasteiger partial charge on any atom is -0.298 e. The van der Waals surface area contributed by atoms with Crippen LogP contribution >= 0.6 is 22.9 Å². The highest BCUT2D eigenvalue weighted by Crippen LogP contribution is 2.32. The topological polar surface area (TPSA) is 42.0 Å². The van der Waals surface area contributed by atoms with Crippen molar-refractivity contribution < 1.29 is 18.0 Å². The van der Waals surface area contributed by atoms with E-state index in [0.717, 1.165) is 35.6 Å². The van der Waals surface area contributed by atoms with E-state index < -0.39 is 28.9 Å². The maximum absolute atomic E-state index is 13.5. The first kappa shape index (κ1) is 14.8. The third-order valence-electron chi connectivity index (χ3n) is 2.82. The summed E-state index contributed by atoms with van der Waals surface area (Å²) in [6.45, 7) is 0. The molecule has 1 heterocycles. The second-order valence-corrected chi connectivity index (χ2v) is 5.74. The van der Waals surface area contributed by atoms with Crippen molar-refractivity contribution in [1.82, 2.24) is 4.98 Å². The number of thiazole rings is 1. The second-order valence-electron chi connectivity index (χ2n) is 4.30. The molecule has 1 amide bonds. The molecule has 0 bridgehead atoms. The van der Waals surface area contributed by atoms with Gasteiger partial charge in [0.1, 0.15) is 28.5 Å². The number of benzene rings is 2. The van der Waals surface area contributed by atoms with Gasteiger partial charge in [0.15, 0.2) is 5.13 Å². The van der Waals surface area contributed by atoms with Crippen LogP contribution in [0.2, 0.25) is 5.02 Å². The third-order valence-corrected chi connectivity index (χ3v) is 4.03. The van der Waals surface area contributed by atoms with Crippen LogP contribution in [0.1, 0.15) is 10.4 Å². The molecule has 2 aromatic carbocycles. The Hall–Kier alpha value is -2.12. The molecule has 0 atom stereocenters. The third kappa shape index (κ3) is 2.65. The van der Waals surface area contributed by atoms with Crippen LogP contribution < -0.4 is 5.32 Å². The van der Waals surface area contributed by atoms with Crippen LogP contribution in [-0.2, 0) is 0 Å². The summed E-state index contributed by atoms with van der Waals surface area (Å²) in [5.41, 5.74) is -0.406. The molecule has 0 unspecified atom stereocenters. The number of fused-ring (bicyclic) bond motifs is 1. The Labute approximate surface area is 131 Å². The highest BCUT2D eigenvalue weighted by atomic mass is 35.5. The summed E-state index contributed by atoms with van der Waals surface area (Å²) in [5, 5.41) is 2.44. The lowest BCUT2D eigenvalue weighted by molar-refractivity contribution is 0.101. The van der Waals surface area contributed by atoms with Crippen LogP contribution in [0.3, 0.4) is 0 Å². The Kier molecular flexibility index (Phi) is 3.76. The first-order chi connectivity index (χ1) is 10.5. The van der Waals surface area contributed by atoms with E-state index in [0.29, 0.717) is 10.2 Å². The average molecular weight is 343 g/mol. The maximum atomic E-state index is 13.5. The standard InChI is InChI=1S/C14H6ClF3N2OS/c15-7-4-6(16)5-10-12(7)19-14(22-10)20-13(21)11-8(17)2-1-3-9(11)18/h1-5H,(H,19,20,21). The van der Waals surface area contributed by atoms with E-state index in [1.165, 1.54) is 6.07 Å². The molecule has 1 N–H and O–H groups in total. The van der Waals surface area contributed by atoms with Crippen molar-refractivity contribution in [3.05, 3.63) is 58.4 Å². The zero-order chi connectivity index (χ0) is 15.9. The predicted octanol–water partition coefficient (Wildman–Crippen LogP) is 4.62. The molecule has 0 spiro atoms.